The third kappa shape index (κ3) is 3.81. The van der Waals surface area contributed by atoms with Gasteiger partial charge in [0.2, 0.25) is 0 Å². The molecule has 1 aromatic heterocycles. The Morgan fingerprint density at radius 2 is 2.22 bits per heavy atom. The van der Waals surface area contributed by atoms with Crippen LogP contribution in [0, 0.1) is 0 Å². The van der Waals surface area contributed by atoms with Crippen molar-refractivity contribution in [2.75, 3.05) is 20.1 Å². The second-order valence-corrected chi connectivity index (χ2v) is 5.92. The molecule has 1 aromatic rings. The highest BCUT2D eigenvalue weighted by atomic mass is 16.2. The molecule has 6 nitrogen and oxygen atoms in total. The van der Waals surface area contributed by atoms with Gasteiger partial charge in [0.15, 0.2) is 5.82 Å². The summed E-state index contributed by atoms with van der Waals surface area (Å²) in [5, 5.41) is 2.75. The minimum atomic E-state index is -0.247. The molecule has 1 N–H and O–H groups in total. The zero-order valence-corrected chi connectivity index (χ0v) is 14.1. The van der Waals surface area contributed by atoms with Crippen LogP contribution < -0.4 is 5.32 Å². The Bertz CT molecular complexity index is 592. The van der Waals surface area contributed by atoms with Crippen molar-refractivity contribution in [2.45, 2.75) is 45.6 Å². The summed E-state index contributed by atoms with van der Waals surface area (Å²) in [6.45, 7) is 7.53. The molecule has 0 saturated heterocycles. The third-order valence-electron chi connectivity index (χ3n) is 4.12. The molecule has 1 aliphatic heterocycles. The van der Waals surface area contributed by atoms with Crippen molar-refractivity contribution >= 4 is 11.8 Å². The first kappa shape index (κ1) is 17.2. The molecule has 0 aromatic carbocycles. The minimum absolute atomic E-state index is 0.0909. The van der Waals surface area contributed by atoms with Gasteiger partial charge in [-0.3, -0.25) is 9.59 Å². The summed E-state index contributed by atoms with van der Waals surface area (Å²) in [5.74, 6) is 0.00368. The fourth-order valence-electron chi connectivity index (χ4n) is 2.81. The van der Waals surface area contributed by atoms with Crippen LogP contribution in [0.25, 0.3) is 0 Å². The Hall–Kier alpha value is -2.11. The summed E-state index contributed by atoms with van der Waals surface area (Å²) >= 11 is 0. The summed E-state index contributed by atoms with van der Waals surface area (Å²) in [6, 6.07) is 0. The predicted octanol–water partition coefficient (Wildman–Crippen LogP) is 2.01. The van der Waals surface area contributed by atoms with Crippen LogP contribution >= 0.6 is 0 Å². The van der Waals surface area contributed by atoms with Gasteiger partial charge in [0.25, 0.3) is 11.8 Å². The first-order valence-corrected chi connectivity index (χ1v) is 8.34. The largest absolute Gasteiger partial charge is 0.346 e. The molecule has 0 saturated carbocycles. The van der Waals surface area contributed by atoms with Gasteiger partial charge in [0, 0.05) is 26.7 Å². The SMILES string of the molecule is C=CCNC(=O)c1nc(C(=O)N(C)CCCC)c2n1CCCC2. The van der Waals surface area contributed by atoms with Crippen molar-refractivity contribution in [3.63, 3.8) is 0 Å². The summed E-state index contributed by atoms with van der Waals surface area (Å²) in [6.07, 6.45) is 6.45. The molecule has 126 valence electrons. The second kappa shape index (κ2) is 7.94. The average molecular weight is 318 g/mol. The van der Waals surface area contributed by atoms with Crippen molar-refractivity contribution in [2.24, 2.45) is 0 Å². The monoisotopic (exact) mass is 318 g/mol. The molecule has 0 unspecified atom stereocenters. The van der Waals surface area contributed by atoms with E-state index in [-0.39, 0.29) is 11.8 Å². The number of imidazole rings is 1. The van der Waals surface area contributed by atoms with Crippen LogP contribution in [0.5, 0.6) is 0 Å². The van der Waals surface area contributed by atoms with Gasteiger partial charge >= 0.3 is 0 Å². The van der Waals surface area contributed by atoms with E-state index in [1.807, 2.05) is 4.57 Å². The molecule has 2 rings (SSSR count). The maximum Gasteiger partial charge on any atom is 0.287 e. The van der Waals surface area contributed by atoms with Gasteiger partial charge in [-0.2, -0.15) is 0 Å². The highest BCUT2D eigenvalue weighted by Crippen LogP contribution is 2.22. The number of hydrogen-bond donors (Lipinski definition) is 1. The van der Waals surface area contributed by atoms with E-state index >= 15 is 0 Å². The van der Waals surface area contributed by atoms with Gasteiger partial charge in [-0.05, 0) is 25.7 Å². The number of nitrogens with zero attached hydrogens (tertiary/aromatic N) is 3. The molecular weight excluding hydrogens is 292 g/mol. The lowest BCUT2D eigenvalue weighted by atomic mass is 10.1. The molecule has 2 heterocycles. The summed E-state index contributed by atoms with van der Waals surface area (Å²) in [4.78, 5) is 31.1. The number of rotatable bonds is 7. The lowest BCUT2D eigenvalue weighted by Gasteiger charge is -2.19. The van der Waals surface area contributed by atoms with Gasteiger partial charge in [0.1, 0.15) is 5.69 Å². The van der Waals surface area contributed by atoms with E-state index in [4.69, 9.17) is 0 Å². The van der Waals surface area contributed by atoms with Crippen LogP contribution in [0.2, 0.25) is 0 Å². The Morgan fingerprint density at radius 1 is 1.43 bits per heavy atom. The molecule has 6 heteroatoms. The predicted molar refractivity (Wildman–Crippen MR) is 89.6 cm³/mol. The molecule has 0 bridgehead atoms. The number of hydrogen-bond acceptors (Lipinski definition) is 3. The molecule has 0 aliphatic carbocycles. The maximum absolute atomic E-state index is 12.7. The van der Waals surface area contributed by atoms with Crippen LogP contribution in [-0.4, -0.2) is 46.4 Å². The number of unbranched alkanes of at least 4 members (excludes halogenated alkanes) is 1. The Labute approximate surface area is 137 Å². The van der Waals surface area contributed by atoms with E-state index in [9.17, 15) is 9.59 Å². The van der Waals surface area contributed by atoms with Crippen molar-refractivity contribution in [3.05, 3.63) is 29.9 Å². The quantitative estimate of drug-likeness (QED) is 0.782. The molecule has 0 spiro atoms. The van der Waals surface area contributed by atoms with Gasteiger partial charge in [-0.1, -0.05) is 19.4 Å². The van der Waals surface area contributed by atoms with E-state index in [0.29, 0.717) is 24.6 Å². The lowest BCUT2D eigenvalue weighted by molar-refractivity contribution is 0.0786. The Kier molecular flexibility index (Phi) is 5.96. The fraction of sp³-hybridized carbons (Fsp3) is 0.588. The molecule has 0 fully saturated rings. The van der Waals surface area contributed by atoms with Crippen LogP contribution in [-0.2, 0) is 13.0 Å². The van der Waals surface area contributed by atoms with E-state index in [2.05, 4.69) is 23.8 Å². The number of carbonyl (C=O) groups is 2. The average Bonchev–Trinajstić information content (AvgIpc) is 2.96. The fourth-order valence-corrected chi connectivity index (χ4v) is 2.81. The van der Waals surface area contributed by atoms with E-state index in [1.165, 1.54) is 0 Å². The molecule has 0 atom stereocenters. The van der Waals surface area contributed by atoms with Gasteiger partial charge in [-0.25, -0.2) is 4.98 Å². The van der Waals surface area contributed by atoms with Crippen LogP contribution in [0.1, 0.15) is 59.4 Å². The third-order valence-corrected chi connectivity index (χ3v) is 4.12. The zero-order chi connectivity index (χ0) is 16.8. The standard InChI is InChI=1S/C17H26N4O2/c1-4-6-11-20(3)17(23)14-13-9-7-8-12-21(13)15(19-14)16(22)18-10-5-2/h5H,2,4,6-12H2,1,3H3,(H,18,22). The first-order chi connectivity index (χ1) is 11.1. The van der Waals surface area contributed by atoms with Crippen molar-refractivity contribution in [1.82, 2.24) is 19.8 Å². The second-order valence-electron chi connectivity index (χ2n) is 5.92. The Morgan fingerprint density at radius 3 is 2.91 bits per heavy atom. The van der Waals surface area contributed by atoms with Gasteiger partial charge in [-0.15, -0.1) is 6.58 Å². The van der Waals surface area contributed by atoms with E-state index < -0.39 is 0 Å². The minimum Gasteiger partial charge on any atom is -0.346 e. The van der Waals surface area contributed by atoms with Crippen molar-refractivity contribution in [3.8, 4) is 0 Å². The molecular formula is C17H26N4O2. The smallest absolute Gasteiger partial charge is 0.287 e. The Balaban J connectivity index is 2.29. The number of carbonyl (C=O) groups excluding carboxylic acids is 2. The topological polar surface area (TPSA) is 67.2 Å². The molecule has 2 amide bonds. The molecule has 1 aliphatic rings. The zero-order valence-electron chi connectivity index (χ0n) is 14.1. The van der Waals surface area contributed by atoms with E-state index in [1.54, 1.807) is 18.0 Å². The number of aromatic nitrogens is 2. The maximum atomic E-state index is 12.7. The summed E-state index contributed by atoms with van der Waals surface area (Å²) in [7, 11) is 1.80. The van der Waals surface area contributed by atoms with Gasteiger partial charge in [0.05, 0.1) is 5.69 Å². The van der Waals surface area contributed by atoms with E-state index in [0.717, 1.165) is 44.3 Å². The van der Waals surface area contributed by atoms with Crippen LogP contribution in [0.4, 0.5) is 0 Å². The number of nitrogens with one attached hydrogen (secondary N) is 1. The summed E-state index contributed by atoms with van der Waals surface area (Å²) < 4.78 is 1.91. The molecule has 23 heavy (non-hydrogen) atoms. The highest BCUT2D eigenvalue weighted by Gasteiger charge is 2.28. The van der Waals surface area contributed by atoms with Crippen LogP contribution in [0.3, 0.4) is 0 Å². The number of fused-ring (bicyclic) bond motifs is 1. The lowest BCUT2D eigenvalue weighted by Crippen LogP contribution is -2.29. The van der Waals surface area contributed by atoms with Crippen LogP contribution in [0.15, 0.2) is 12.7 Å². The summed E-state index contributed by atoms with van der Waals surface area (Å²) in [5.41, 5.74) is 1.33. The van der Waals surface area contributed by atoms with Crippen molar-refractivity contribution in [1.29, 1.82) is 0 Å². The molecule has 0 radical (unpaired) electrons. The highest BCUT2D eigenvalue weighted by molar-refractivity contribution is 5.97. The number of amides is 2. The normalized spacial score (nSPS) is 13.3. The van der Waals surface area contributed by atoms with Gasteiger partial charge < -0.3 is 14.8 Å². The van der Waals surface area contributed by atoms with Crippen molar-refractivity contribution < 1.29 is 9.59 Å². The first-order valence-electron chi connectivity index (χ1n) is 8.34.